The Hall–Kier alpha value is -0.800. The Balaban J connectivity index is 1.24. The molecule has 2 heterocycles. The van der Waals surface area contributed by atoms with Crippen molar-refractivity contribution < 1.29 is 23.7 Å². The quantitative estimate of drug-likeness (QED) is 0.413. The minimum absolute atomic E-state index is 0.573. The van der Waals surface area contributed by atoms with E-state index in [0.29, 0.717) is 66.1 Å². The molecule has 0 saturated carbocycles. The van der Waals surface area contributed by atoms with Gasteiger partial charge in [0.1, 0.15) is 0 Å². The number of thiophene rings is 2. The topological polar surface area (TPSA) is 46.2 Å². The van der Waals surface area contributed by atoms with Crippen molar-refractivity contribution in [1.82, 2.24) is 0 Å². The zero-order valence-electron chi connectivity index (χ0n) is 14.4. The van der Waals surface area contributed by atoms with Crippen LogP contribution in [0.4, 0.5) is 0 Å². The Morgan fingerprint density at radius 2 is 0.880 bits per heavy atom. The number of ether oxygens (including phenoxy) is 5. The van der Waals surface area contributed by atoms with Crippen LogP contribution in [-0.4, -0.2) is 52.9 Å². The third-order valence-corrected chi connectivity index (χ3v) is 4.84. The van der Waals surface area contributed by atoms with Crippen molar-refractivity contribution in [3.8, 4) is 0 Å². The zero-order chi connectivity index (χ0) is 17.4. The summed E-state index contributed by atoms with van der Waals surface area (Å²) in [6.45, 7) is 6.00. The molecule has 0 N–H and O–H groups in total. The van der Waals surface area contributed by atoms with Crippen LogP contribution in [0.2, 0.25) is 0 Å². The van der Waals surface area contributed by atoms with Crippen LogP contribution in [0.3, 0.4) is 0 Å². The van der Waals surface area contributed by atoms with Crippen molar-refractivity contribution in [1.29, 1.82) is 0 Å². The maximum Gasteiger partial charge on any atom is 0.0810 e. The summed E-state index contributed by atoms with van der Waals surface area (Å²) in [7, 11) is 0. The summed E-state index contributed by atoms with van der Waals surface area (Å²) >= 11 is 3.41. The van der Waals surface area contributed by atoms with Gasteiger partial charge in [-0.2, -0.15) is 0 Å². The lowest BCUT2D eigenvalue weighted by Gasteiger charge is -2.07. The molecule has 0 bridgehead atoms. The van der Waals surface area contributed by atoms with Crippen molar-refractivity contribution in [2.45, 2.75) is 13.2 Å². The van der Waals surface area contributed by atoms with E-state index in [4.69, 9.17) is 23.7 Å². The first-order valence-corrected chi connectivity index (χ1v) is 10.1. The Morgan fingerprint density at radius 1 is 0.520 bits per heavy atom. The lowest BCUT2D eigenvalue weighted by Crippen LogP contribution is -2.13. The summed E-state index contributed by atoms with van der Waals surface area (Å²) in [5.41, 5.74) is 0. The second kappa shape index (κ2) is 14.4. The molecule has 0 atom stereocenters. The maximum atomic E-state index is 5.51. The molecule has 2 rings (SSSR count). The molecule has 0 amide bonds. The molecule has 0 unspecified atom stereocenters. The van der Waals surface area contributed by atoms with E-state index in [0.717, 1.165) is 0 Å². The molecule has 0 aliphatic heterocycles. The largest absolute Gasteiger partial charge is 0.377 e. The van der Waals surface area contributed by atoms with Crippen LogP contribution < -0.4 is 0 Å². The summed E-state index contributed by atoms with van der Waals surface area (Å²) in [4.78, 5) is 2.47. The molecule has 25 heavy (non-hydrogen) atoms. The van der Waals surface area contributed by atoms with Gasteiger partial charge in [-0.05, 0) is 22.9 Å². The average Bonchev–Trinajstić information content (AvgIpc) is 3.32. The summed E-state index contributed by atoms with van der Waals surface area (Å²) < 4.78 is 27.3. The van der Waals surface area contributed by atoms with Gasteiger partial charge in [0.05, 0.1) is 66.1 Å². The van der Waals surface area contributed by atoms with E-state index in [-0.39, 0.29) is 0 Å². The molecule has 0 radical (unpaired) electrons. The third kappa shape index (κ3) is 10.7. The van der Waals surface area contributed by atoms with Gasteiger partial charge in [0.15, 0.2) is 0 Å². The van der Waals surface area contributed by atoms with E-state index in [9.17, 15) is 0 Å². The predicted molar refractivity (Wildman–Crippen MR) is 100 cm³/mol. The molecule has 2 aromatic heterocycles. The molecule has 0 saturated heterocycles. The molecule has 0 aromatic carbocycles. The second-order valence-corrected chi connectivity index (χ2v) is 7.17. The first-order chi connectivity index (χ1) is 12.4. The molecule has 2 aromatic rings. The van der Waals surface area contributed by atoms with Crippen LogP contribution in [0.15, 0.2) is 35.0 Å². The van der Waals surface area contributed by atoms with Gasteiger partial charge >= 0.3 is 0 Å². The first kappa shape index (κ1) is 20.5. The van der Waals surface area contributed by atoms with E-state index >= 15 is 0 Å². The molecule has 5 nitrogen and oxygen atoms in total. The van der Waals surface area contributed by atoms with Crippen molar-refractivity contribution in [2.24, 2.45) is 0 Å². The highest BCUT2D eigenvalue weighted by molar-refractivity contribution is 7.10. The van der Waals surface area contributed by atoms with Gasteiger partial charge in [0.25, 0.3) is 0 Å². The average molecular weight is 387 g/mol. The molecule has 7 heteroatoms. The van der Waals surface area contributed by atoms with Gasteiger partial charge in [-0.3, -0.25) is 0 Å². The van der Waals surface area contributed by atoms with Gasteiger partial charge in [-0.25, -0.2) is 0 Å². The van der Waals surface area contributed by atoms with Gasteiger partial charge < -0.3 is 23.7 Å². The van der Waals surface area contributed by atoms with Crippen LogP contribution in [0.1, 0.15) is 9.75 Å². The molecule has 140 valence electrons. The van der Waals surface area contributed by atoms with Crippen LogP contribution in [0.25, 0.3) is 0 Å². The number of hydrogen-bond acceptors (Lipinski definition) is 7. The molecular weight excluding hydrogens is 360 g/mol. The fraction of sp³-hybridized carbons (Fsp3) is 0.556. The van der Waals surface area contributed by atoms with Gasteiger partial charge in [-0.1, -0.05) is 12.1 Å². The van der Waals surface area contributed by atoms with Gasteiger partial charge in [0, 0.05) is 9.75 Å². The lowest BCUT2D eigenvalue weighted by atomic mass is 10.5. The highest BCUT2D eigenvalue weighted by atomic mass is 32.1. The standard InChI is InChI=1S/C18H26O5S2/c1-3-17(24-13-1)15-22-11-9-20-7-5-19-6-8-21-10-12-23-16-18-4-2-14-25-18/h1-4,13-14H,5-12,15-16H2. The fourth-order valence-electron chi connectivity index (χ4n) is 1.91. The van der Waals surface area contributed by atoms with Crippen LogP contribution in [0.5, 0.6) is 0 Å². The smallest absolute Gasteiger partial charge is 0.0810 e. The summed E-state index contributed by atoms with van der Waals surface area (Å²) in [6.07, 6.45) is 0. The SMILES string of the molecule is c1csc(COCCOCCOCCOCCOCc2cccs2)c1. The van der Waals surface area contributed by atoms with E-state index in [1.165, 1.54) is 9.75 Å². The van der Waals surface area contributed by atoms with Crippen LogP contribution >= 0.6 is 22.7 Å². The number of rotatable bonds is 16. The van der Waals surface area contributed by atoms with Crippen LogP contribution in [-0.2, 0) is 36.9 Å². The van der Waals surface area contributed by atoms with Crippen molar-refractivity contribution in [2.75, 3.05) is 52.9 Å². The Kier molecular flexibility index (Phi) is 11.8. The van der Waals surface area contributed by atoms with E-state index in [1.54, 1.807) is 22.7 Å². The van der Waals surface area contributed by atoms with Crippen molar-refractivity contribution in [3.63, 3.8) is 0 Å². The van der Waals surface area contributed by atoms with E-state index in [1.807, 2.05) is 12.1 Å². The Morgan fingerprint density at radius 3 is 1.20 bits per heavy atom. The summed E-state index contributed by atoms with van der Waals surface area (Å²) in [6, 6.07) is 8.19. The van der Waals surface area contributed by atoms with Crippen molar-refractivity contribution >= 4 is 22.7 Å². The predicted octanol–water partition coefficient (Wildman–Crippen LogP) is 3.59. The first-order valence-electron chi connectivity index (χ1n) is 8.38. The monoisotopic (exact) mass is 386 g/mol. The van der Waals surface area contributed by atoms with E-state index < -0.39 is 0 Å². The Bertz CT molecular complexity index is 455. The van der Waals surface area contributed by atoms with E-state index in [2.05, 4.69) is 22.9 Å². The molecule has 0 aliphatic rings. The second-order valence-electron chi connectivity index (χ2n) is 5.10. The normalized spacial score (nSPS) is 11.2. The molecule has 0 spiro atoms. The Labute approximate surface area is 157 Å². The molecular formula is C18H26O5S2. The fourth-order valence-corrected chi connectivity index (χ4v) is 3.19. The summed E-state index contributed by atoms with van der Waals surface area (Å²) in [5.74, 6) is 0. The van der Waals surface area contributed by atoms with Crippen molar-refractivity contribution in [3.05, 3.63) is 44.8 Å². The van der Waals surface area contributed by atoms with Gasteiger partial charge in [-0.15, -0.1) is 22.7 Å². The lowest BCUT2D eigenvalue weighted by molar-refractivity contribution is -0.0134. The van der Waals surface area contributed by atoms with Gasteiger partial charge in [0.2, 0.25) is 0 Å². The molecule has 0 aliphatic carbocycles. The number of hydrogen-bond donors (Lipinski definition) is 0. The highest BCUT2D eigenvalue weighted by Crippen LogP contribution is 2.09. The minimum Gasteiger partial charge on any atom is -0.377 e. The summed E-state index contributed by atoms with van der Waals surface area (Å²) in [5, 5.41) is 4.10. The molecule has 0 fully saturated rings. The third-order valence-electron chi connectivity index (χ3n) is 3.14. The highest BCUT2D eigenvalue weighted by Gasteiger charge is 1.96. The minimum atomic E-state index is 0.573. The maximum absolute atomic E-state index is 5.51. The van der Waals surface area contributed by atoms with Crippen LogP contribution in [0, 0.1) is 0 Å². The zero-order valence-corrected chi connectivity index (χ0v) is 16.0.